The van der Waals surface area contributed by atoms with Gasteiger partial charge in [-0.2, -0.15) is 0 Å². The molecule has 0 radical (unpaired) electrons. The van der Waals surface area contributed by atoms with E-state index in [9.17, 15) is 14.0 Å². The van der Waals surface area contributed by atoms with E-state index in [-0.39, 0.29) is 5.82 Å². The topological polar surface area (TPSA) is 69.6 Å². The number of carbonyl (C=O) groups excluding carboxylic acids is 1. The number of carboxylic acids is 1. The highest BCUT2D eigenvalue weighted by Crippen LogP contribution is 2.15. The van der Waals surface area contributed by atoms with E-state index in [4.69, 9.17) is 5.11 Å². The maximum absolute atomic E-state index is 12.9. The number of carboxylic acid groups (broad SMARTS) is 1. The first-order chi connectivity index (χ1) is 9.36. The van der Waals surface area contributed by atoms with E-state index >= 15 is 0 Å². The molecule has 20 heavy (non-hydrogen) atoms. The maximum Gasteiger partial charge on any atom is 0.322 e. The fraction of sp³-hybridized carbons (Fsp3) is 0.429. The number of carbonyl (C=O) groups is 2. The van der Waals surface area contributed by atoms with Crippen molar-refractivity contribution in [3.05, 3.63) is 30.1 Å². The molecule has 0 saturated carbocycles. The minimum absolute atomic E-state index is 0.377. The van der Waals surface area contributed by atoms with Crippen LogP contribution >= 0.6 is 0 Å². The van der Waals surface area contributed by atoms with E-state index in [0.29, 0.717) is 12.2 Å². The molecule has 0 aromatic heterocycles. The lowest BCUT2D eigenvalue weighted by atomic mass is 10.0. The van der Waals surface area contributed by atoms with Crippen molar-refractivity contribution in [2.24, 2.45) is 5.92 Å². The zero-order valence-corrected chi connectivity index (χ0v) is 11.8. The van der Waals surface area contributed by atoms with Crippen molar-refractivity contribution in [1.29, 1.82) is 0 Å². The molecule has 0 spiro atoms. The average molecular weight is 282 g/mol. The molecule has 0 aliphatic rings. The highest BCUT2D eigenvalue weighted by Gasteiger charge is 2.23. The quantitative estimate of drug-likeness (QED) is 0.871. The molecule has 0 bridgehead atoms. The maximum atomic E-state index is 12.9. The van der Waals surface area contributed by atoms with Crippen LogP contribution < -0.4 is 10.2 Å². The first-order valence-electron chi connectivity index (χ1n) is 6.43. The van der Waals surface area contributed by atoms with Gasteiger partial charge in [0, 0.05) is 18.3 Å². The lowest BCUT2D eigenvalue weighted by Gasteiger charge is -2.25. The molecule has 2 atom stereocenters. The Bertz CT molecular complexity index is 476. The van der Waals surface area contributed by atoms with Crippen LogP contribution in [0.1, 0.15) is 20.8 Å². The summed E-state index contributed by atoms with van der Waals surface area (Å²) in [7, 11) is 0. The summed E-state index contributed by atoms with van der Waals surface area (Å²) >= 11 is 0. The van der Waals surface area contributed by atoms with E-state index in [2.05, 4.69) is 5.32 Å². The van der Waals surface area contributed by atoms with Gasteiger partial charge in [0.05, 0.1) is 5.92 Å². The predicted molar refractivity (Wildman–Crippen MR) is 74.2 cm³/mol. The van der Waals surface area contributed by atoms with E-state index in [0.717, 1.165) is 0 Å². The number of hydrogen-bond acceptors (Lipinski definition) is 2. The van der Waals surface area contributed by atoms with Gasteiger partial charge in [0.15, 0.2) is 0 Å². The van der Waals surface area contributed by atoms with Crippen molar-refractivity contribution >= 4 is 17.7 Å². The van der Waals surface area contributed by atoms with Gasteiger partial charge in [-0.1, -0.05) is 0 Å². The van der Waals surface area contributed by atoms with Crippen LogP contribution in [0.3, 0.4) is 0 Å². The molecule has 2 amide bonds. The Morgan fingerprint density at radius 2 is 1.85 bits per heavy atom. The van der Waals surface area contributed by atoms with Crippen LogP contribution in [0.15, 0.2) is 24.3 Å². The van der Waals surface area contributed by atoms with Crippen molar-refractivity contribution in [2.75, 3.05) is 11.4 Å². The monoisotopic (exact) mass is 282 g/mol. The van der Waals surface area contributed by atoms with Crippen LogP contribution in [0.5, 0.6) is 0 Å². The molecule has 0 aliphatic carbocycles. The molecule has 1 rings (SSSR count). The molecule has 6 heteroatoms. The number of rotatable bonds is 5. The van der Waals surface area contributed by atoms with Gasteiger partial charge in [-0.25, -0.2) is 9.18 Å². The summed E-state index contributed by atoms with van der Waals surface area (Å²) in [6.45, 7) is 5.34. The van der Waals surface area contributed by atoms with Gasteiger partial charge in [-0.05, 0) is 45.0 Å². The van der Waals surface area contributed by atoms with Crippen LogP contribution in [-0.4, -0.2) is 29.7 Å². The van der Waals surface area contributed by atoms with Gasteiger partial charge < -0.3 is 10.4 Å². The van der Waals surface area contributed by atoms with Crippen LogP contribution in [0, 0.1) is 11.7 Å². The van der Waals surface area contributed by atoms with E-state index < -0.39 is 24.0 Å². The number of hydrogen-bond donors (Lipinski definition) is 2. The molecule has 1 aromatic rings. The largest absolute Gasteiger partial charge is 0.481 e. The van der Waals surface area contributed by atoms with Crippen molar-refractivity contribution in [1.82, 2.24) is 5.32 Å². The second-order valence-electron chi connectivity index (χ2n) is 4.59. The molecule has 1 aromatic carbocycles. The van der Waals surface area contributed by atoms with Gasteiger partial charge in [0.25, 0.3) is 0 Å². The summed E-state index contributed by atoms with van der Waals surface area (Å²) in [4.78, 5) is 24.4. The number of nitrogens with one attached hydrogen (secondary N) is 1. The lowest BCUT2D eigenvalue weighted by Crippen LogP contribution is -2.47. The molecule has 0 fully saturated rings. The Labute approximate surface area is 117 Å². The molecular weight excluding hydrogens is 263 g/mol. The molecule has 5 nitrogen and oxygen atoms in total. The molecule has 2 N–H and O–H groups in total. The van der Waals surface area contributed by atoms with Gasteiger partial charge in [0.2, 0.25) is 0 Å². The normalized spacial score (nSPS) is 13.4. The SMILES string of the molecule is CCN(C(=O)NC(C)C(C)C(=O)O)c1ccc(F)cc1. The summed E-state index contributed by atoms with van der Waals surface area (Å²) in [5.74, 6) is -2.04. The van der Waals surface area contributed by atoms with Crippen LogP contribution in [0.25, 0.3) is 0 Å². The Kier molecular flexibility index (Phi) is 5.49. The number of aliphatic carboxylic acids is 1. The average Bonchev–Trinajstić information content (AvgIpc) is 2.40. The van der Waals surface area contributed by atoms with E-state index in [1.165, 1.54) is 36.1 Å². The lowest BCUT2D eigenvalue weighted by molar-refractivity contribution is -0.141. The third-order valence-electron chi connectivity index (χ3n) is 3.19. The number of anilines is 1. The van der Waals surface area contributed by atoms with Gasteiger partial charge >= 0.3 is 12.0 Å². The van der Waals surface area contributed by atoms with Crippen LogP contribution in [0.2, 0.25) is 0 Å². The van der Waals surface area contributed by atoms with E-state index in [1.807, 2.05) is 0 Å². The van der Waals surface area contributed by atoms with Gasteiger partial charge in [-0.15, -0.1) is 0 Å². The Balaban J connectivity index is 2.77. The summed E-state index contributed by atoms with van der Waals surface area (Å²) in [5, 5.41) is 11.5. The van der Waals surface area contributed by atoms with Gasteiger partial charge in [-0.3, -0.25) is 9.69 Å². The predicted octanol–water partition coefficient (Wildman–Crippen LogP) is 2.47. The number of benzene rings is 1. The molecule has 0 saturated heterocycles. The minimum Gasteiger partial charge on any atom is -0.481 e. The fourth-order valence-electron chi connectivity index (χ4n) is 1.68. The summed E-state index contributed by atoms with van der Waals surface area (Å²) in [5.41, 5.74) is 0.557. The fourth-order valence-corrected chi connectivity index (χ4v) is 1.68. The summed E-state index contributed by atoms with van der Waals surface area (Å²) < 4.78 is 12.9. The standard InChI is InChI=1S/C14H19FN2O3/c1-4-17(12-7-5-11(15)6-8-12)14(20)16-10(3)9(2)13(18)19/h5-10H,4H2,1-3H3,(H,16,20)(H,18,19). The van der Waals surface area contributed by atoms with Crippen LogP contribution in [0.4, 0.5) is 14.9 Å². The molecule has 2 unspecified atom stereocenters. The van der Waals surface area contributed by atoms with E-state index in [1.54, 1.807) is 13.8 Å². The molecule has 0 heterocycles. The Morgan fingerprint density at radius 1 is 1.30 bits per heavy atom. The molecule has 110 valence electrons. The number of urea groups is 1. The number of amides is 2. The molecule has 0 aliphatic heterocycles. The smallest absolute Gasteiger partial charge is 0.322 e. The second-order valence-corrected chi connectivity index (χ2v) is 4.59. The third kappa shape index (κ3) is 3.94. The first kappa shape index (κ1) is 15.9. The Morgan fingerprint density at radius 3 is 2.30 bits per heavy atom. The Hall–Kier alpha value is -2.11. The van der Waals surface area contributed by atoms with Crippen molar-refractivity contribution < 1.29 is 19.1 Å². The van der Waals surface area contributed by atoms with Gasteiger partial charge in [0.1, 0.15) is 5.82 Å². The highest BCUT2D eigenvalue weighted by molar-refractivity contribution is 5.92. The van der Waals surface area contributed by atoms with Crippen molar-refractivity contribution in [3.63, 3.8) is 0 Å². The third-order valence-corrected chi connectivity index (χ3v) is 3.19. The minimum atomic E-state index is -0.970. The number of nitrogens with zero attached hydrogens (tertiary/aromatic N) is 1. The highest BCUT2D eigenvalue weighted by atomic mass is 19.1. The summed E-state index contributed by atoms with van der Waals surface area (Å²) in [6, 6.07) is 4.64. The second kappa shape index (κ2) is 6.88. The molecular formula is C14H19FN2O3. The zero-order chi connectivity index (χ0) is 15.3. The van der Waals surface area contributed by atoms with Crippen LogP contribution in [-0.2, 0) is 4.79 Å². The first-order valence-corrected chi connectivity index (χ1v) is 6.43. The number of halogens is 1. The van der Waals surface area contributed by atoms with Crippen molar-refractivity contribution in [3.8, 4) is 0 Å². The summed E-state index contributed by atoms with van der Waals surface area (Å²) in [6.07, 6.45) is 0. The van der Waals surface area contributed by atoms with Crippen molar-refractivity contribution in [2.45, 2.75) is 26.8 Å². The zero-order valence-electron chi connectivity index (χ0n) is 11.8.